The lowest BCUT2D eigenvalue weighted by molar-refractivity contribution is -0.116. The third-order valence-corrected chi connectivity index (χ3v) is 3.17. The summed E-state index contributed by atoms with van der Waals surface area (Å²) in [5.74, 6) is 0.859. The molecule has 1 rings (SSSR count). The predicted molar refractivity (Wildman–Crippen MR) is 64.8 cm³/mol. The van der Waals surface area contributed by atoms with Gasteiger partial charge in [-0.05, 0) is 52.0 Å². The maximum Gasteiger partial charge on any atom is 0.159 e. The van der Waals surface area contributed by atoms with E-state index >= 15 is 0 Å². The zero-order valence-corrected chi connectivity index (χ0v) is 10.6. The van der Waals surface area contributed by atoms with Gasteiger partial charge in [0.2, 0.25) is 0 Å². The minimum Gasteiger partial charge on any atom is -0.295 e. The number of ketones is 1. The quantitative estimate of drug-likeness (QED) is 0.332. The Morgan fingerprint density at radius 3 is 2.13 bits per heavy atom. The molecule has 1 unspecified atom stereocenters. The topological polar surface area (TPSA) is 17.1 Å². The van der Waals surface area contributed by atoms with E-state index < -0.39 is 0 Å². The smallest absolute Gasteiger partial charge is 0.159 e. The molecule has 0 heterocycles. The standard InChI is InChI=1S/C14H22O/c1-9(2)12-6-11(5)7-14(15)13(8-12)10(3)4/h11H,6-8H2,1-5H3. The van der Waals surface area contributed by atoms with Gasteiger partial charge in [-0.2, -0.15) is 0 Å². The van der Waals surface area contributed by atoms with Gasteiger partial charge < -0.3 is 0 Å². The number of carbonyl (C=O) groups is 1. The summed E-state index contributed by atoms with van der Waals surface area (Å²) in [6.07, 6.45) is 2.69. The summed E-state index contributed by atoms with van der Waals surface area (Å²) in [6, 6.07) is 0. The summed E-state index contributed by atoms with van der Waals surface area (Å²) in [7, 11) is 0. The second-order valence-corrected chi connectivity index (χ2v) is 5.20. The first-order chi connectivity index (χ1) is 6.91. The fourth-order valence-electron chi connectivity index (χ4n) is 2.15. The normalized spacial score (nSPS) is 22.7. The van der Waals surface area contributed by atoms with Crippen molar-refractivity contribution in [2.24, 2.45) is 5.92 Å². The molecule has 1 aliphatic carbocycles. The van der Waals surface area contributed by atoms with Gasteiger partial charge in [0.05, 0.1) is 0 Å². The van der Waals surface area contributed by atoms with Crippen LogP contribution in [0.4, 0.5) is 0 Å². The van der Waals surface area contributed by atoms with E-state index in [0.717, 1.165) is 24.8 Å². The number of allylic oxidation sites excluding steroid dienone is 4. The van der Waals surface area contributed by atoms with Gasteiger partial charge in [-0.15, -0.1) is 0 Å². The van der Waals surface area contributed by atoms with Crippen LogP contribution in [0.15, 0.2) is 22.3 Å². The fraction of sp³-hybridized carbons (Fsp3) is 0.643. The molecule has 1 heteroatoms. The minimum atomic E-state index is 0.360. The fourth-order valence-corrected chi connectivity index (χ4v) is 2.15. The van der Waals surface area contributed by atoms with Crippen LogP contribution in [0.3, 0.4) is 0 Å². The minimum absolute atomic E-state index is 0.360. The summed E-state index contributed by atoms with van der Waals surface area (Å²) in [5, 5.41) is 0. The molecule has 1 nitrogen and oxygen atoms in total. The molecule has 1 aliphatic rings. The highest BCUT2D eigenvalue weighted by Gasteiger charge is 2.22. The lowest BCUT2D eigenvalue weighted by Gasteiger charge is -2.09. The van der Waals surface area contributed by atoms with Gasteiger partial charge in [-0.25, -0.2) is 0 Å². The molecule has 0 aromatic rings. The highest BCUT2D eigenvalue weighted by atomic mass is 16.1. The van der Waals surface area contributed by atoms with E-state index in [1.165, 1.54) is 16.7 Å². The van der Waals surface area contributed by atoms with E-state index in [2.05, 4.69) is 20.8 Å². The number of hydrogen-bond acceptors (Lipinski definition) is 1. The molecule has 0 aliphatic heterocycles. The van der Waals surface area contributed by atoms with Crippen molar-refractivity contribution in [3.05, 3.63) is 22.3 Å². The van der Waals surface area contributed by atoms with Crippen molar-refractivity contribution in [1.82, 2.24) is 0 Å². The third-order valence-electron chi connectivity index (χ3n) is 3.17. The second kappa shape index (κ2) is 4.78. The van der Waals surface area contributed by atoms with Crippen molar-refractivity contribution in [3.8, 4) is 0 Å². The number of hydrogen-bond donors (Lipinski definition) is 0. The van der Waals surface area contributed by atoms with Gasteiger partial charge in [0.1, 0.15) is 0 Å². The monoisotopic (exact) mass is 206 g/mol. The third kappa shape index (κ3) is 3.05. The molecule has 1 saturated carbocycles. The molecule has 0 aromatic carbocycles. The largest absolute Gasteiger partial charge is 0.295 e. The highest BCUT2D eigenvalue weighted by Crippen LogP contribution is 2.31. The van der Waals surface area contributed by atoms with Gasteiger partial charge in [0.25, 0.3) is 0 Å². The van der Waals surface area contributed by atoms with E-state index in [4.69, 9.17) is 0 Å². The Morgan fingerprint density at radius 1 is 1.07 bits per heavy atom. The number of rotatable bonds is 0. The first kappa shape index (κ1) is 12.2. The van der Waals surface area contributed by atoms with Crippen molar-refractivity contribution < 1.29 is 4.79 Å². The molecule has 0 spiro atoms. The van der Waals surface area contributed by atoms with Crippen LogP contribution in [0, 0.1) is 5.92 Å². The van der Waals surface area contributed by atoms with Gasteiger partial charge in [-0.1, -0.05) is 23.6 Å². The highest BCUT2D eigenvalue weighted by molar-refractivity contribution is 5.96. The average Bonchev–Trinajstić information content (AvgIpc) is 2.23. The first-order valence-electron chi connectivity index (χ1n) is 5.76. The van der Waals surface area contributed by atoms with Gasteiger partial charge >= 0.3 is 0 Å². The van der Waals surface area contributed by atoms with Gasteiger partial charge in [0, 0.05) is 6.42 Å². The molecular weight excluding hydrogens is 184 g/mol. The Labute approximate surface area is 93.3 Å². The molecule has 84 valence electrons. The van der Waals surface area contributed by atoms with E-state index in [-0.39, 0.29) is 0 Å². The van der Waals surface area contributed by atoms with Crippen LogP contribution in [-0.2, 0) is 4.79 Å². The van der Waals surface area contributed by atoms with Crippen molar-refractivity contribution in [3.63, 3.8) is 0 Å². The molecular formula is C14H22O. The summed E-state index contributed by atoms with van der Waals surface area (Å²) in [6.45, 7) is 10.6. The van der Waals surface area contributed by atoms with E-state index in [1.807, 2.05) is 13.8 Å². The Balaban J connectivity index is 3.09. The molecule has 0 aromatic heterocycles. The lowest BCUT2D eigenvalue weighted by atomic mass is 9.96. The summed E-state index contributed by atoms with van der Waals surface area (Å²) >= 11 is 0. The molecule has 15 heavy (non-hydrogen) atoms. The van der Waals surface area contributed by atoms with E-state index in [9.17, 15) is 4.79 Å². The maximum atomic E-state index is 12.0. The van der Waals surface area contributed by atoms with Crippen molar-refractivity contribution in [1.29, 1.82) is 0 Å². The van der Waals surface area contributed by atoms with Crippen molar-refractivity contribution in [2.75, 3.05) is 0 Å². The SMILES string of the molecule is CC(C)=C1CC(=C(C)C)C(=O)CC(C)C1. The molecule has 1 fully saturated rings. The van der Waals surface area contributed by atoms with Crippen molar-refractivity contribution >= 4 is 5.78 Å². The average molecular weight is 206 g/mol. The summed E-state index contributed by atoms with van der Waals surface area (Å²) in [4.78, 5) is 12.0. The van der Waals surface area contributed by atoms with E-state index in [1.54, 1.807) is 0 Å². The Bertz CT molecular complexity index is 323. The molecule has 0 N–H and O–H groups in total. The van der Waals surface area contributed by atoms with Gasteiger partial charge in [-0.3, -0.25) is 4.79 Å². The van der Waals surface area contributed by atoms with Crippen LogP contribution in [0.25, 0.3) is 0 Å². The first-order valence-corrected chi connectivity index (χ1v) is 5.76. The molecule has 0 bridgehead atoms. The predicted octanol–water partition coefficient (Wildman–Crippen LogP) is 4.05. The van der Waals surface area contributed by atoms with E-state index in [0.29, 0.717) is 11.7 Å². The molecule has 1 atom stereocenters. The second-order valence-electron chi connectivity index (χ2n) is 5.20. The molecule has 0 saturated heterocycles. The summed E-state index contributed by atoms with van der Waals surface area (Å²) in [5.41, 5.74) is 5.09. The lowest BCUT2D eigenvalue weighted by Crippen LogP contribution is -2.04. The number of carbonyl (C=O) groups excluding carboxylic acids is 1. The Hall–Kier alpha value is -0.850. The van der Waals surface area contributed by atoms with Crippen LogP contribution >= 0.6 is 0 Å². The Morgan fingerprint density at radius 2 is 1.67 bits per heavy atom. The van der Waals surface area contributed by atoms with Crippen LogP contribution in [0.1, 0.15) is 53.9 Å². The summed E-state index contributed by atoms with van der Waals surface area (Å²) < 4.78 is 0. The van der Waals surface area contributed by atoms with Crippen LogP contribution in [-0.4, -0.2) is 5.78 Å². The van der Waals surface area contributed by atoms with Gasteiger partial charge in [0.15, 0.2) is 5.78 Å². The van der Waals surface area contributed by atoms with Crippen molar-refractivity contribution in [2.45, 2.75) is 53.9 Å². The number of Topliss-reactive ketones (excluding diaryl/α,β-unsaturated/α-hetero) is 1. The zero-order valence-electron chi connectivity index (χ0n) is 10.6. The zero-order chi connectivity index (χ0) is 11.6. The van der Waals surface area contributed by atoms with Crippen LogP contribution in [0.2, 0.25) is 0 Å². The van der Waals surface area contributed by atoms with Crippen LogP contribution < -0.4 is 0 Å². The molecule has 0 radical (unpaired) electrons. The Kier molecular flexibility index (Phi) is 3.90. The molecule has 0 amide bonds. The van der Waals surface area contributed by atoms with Crippen LogP contribution in [0.5, 0.6) is 0 Å². The maximum absolute atomic E-state index is 12.0.